The average Bonchev–Trinajstić information content (AvgIpc) is 1.88. The molecule has 4 heteroatoms. The first-order chi connectivity index (χ1) is 4.33. The van der Waals surface area contributed by atoms with E-state index in [-0.39, 0.29) is 12.1 Å². The van der Waals surface area contributed by atoms with Gasteiger partial charge in [-0.1, -0.05) is 0 Å². The minimum atomic E-state index is -0.100. The number of carbonyl (C=O) groups excluding carboxylic acids is 1. The maximum absolute atomic E-state index is 10.6. The molecule has 1 atom stereocenters. The van der Waals surface area contributed by atoms with Crippen molar-refractivity contribution >= 4 is 6.03 Å². The molecule has 0 aliphatic carbocycles. The van der Waals surface area contributed by atoms with Gasteiger partial charge < -0.3 is 16.4 Å². The Bertz CT molecular complexity index is 115. The number of rotatable bonds is 1. The lowest BCUT2D eigenvalue weighted by atomic mass is 10.2. The Morgan fingerprint density at radius 2 is 2.56 bits per heavy atom. The lowest BCUT2D eigenvalue weighted by Gasteiger charge is -2.22. The van der Waals surface area contributed by atoms with Crippen LogP contribution in [0.4, 0.5) is 4.79 Å². The van der Waals surface area contributed by atoms with Gasteiger partial charge in [0.15, 0.2) is 0 Å². The molecular weight excluding hydrogens is 118 g/mol. The second kappa shape index (κ2) is 2.68. The van der Waals surface area contributed by atoms with Gasteiger partial charge in [-0.15, -0.1) is 0 Å². The first-order valence-electron chi connectivity index (χ1n) is 3.07. The molecule has 0 bridgehead atoms. The van der Waals surface area contributed by atoms with Gasteiger partial charge in [0.05, 0.1) is 0 Å². The summed E-state index contributed by atoms with van der Waals surface area (Å²) in [6, 6.07) is 0.0791. The fraction of sp³-hybridized carbons (Fsp3) is 0.800. The third-order valence-corrected chi connectivity index (χ3v) is 1.40. The van der Waals surface area contributed by atoms with Gasteiger partial charge in [0.1, 0.15) is 0 Å². The van der Waals surface area contributed by atoms with E-state index in [1.807, 2.05) is 0 Å². The molecule has 2 amide bonds. The van der Waals surface area contributed by atoms with Crippen LogP contribution in [0.5, 0.6) is 0 Å². The molecule has 1 unspecified atom stereocenters. The van der Waals surface area contributed by atoms with E-state index < -0.39 is 0 Å². The Labute approximate surface area is 53.8 Å². The van der Waals surface area contributed by atoms with Gasteiger partial charge in [-0.3, -0.25) is 0 Å². The van der Waals surface area contributed by atoms with Crippen LogP contribution in [0.3, 0.4) is 0 Å². The van der Waals surface area contributed by atoms with Crippen molar-refractivity contribution in [3.63, 3.8) is 0 Å². The van der Waals surface area contributed by atoms with Crippen LogP contribution < -0.4 is 16.4 Å². The Balaban J connectivity index is 2.32. The number of urea groups is 1. The van der Waals surface area contributed by atoms with Gasteiger partial charge in [-0.2, -0.15) is 0 Å². The fourth-order valence-electron chi connectivity index (χ4n) is 0.845. The third-order valence-electron chi connectivity index (χ3n) is 1.40. The van der Waals surface area contributed by atoms with Gasteiger partial charge in [0.25, 0.3) is 0 Å². The van der Waals surface area contributed by atoms with Gasteiger partial charge in [-0.25, -0.2) is 4.79 Å². The predicted molar refractivity (Wildman–Crippen MR) is 34.0 cm³/mol. The van der Waals surface area contributed by atoms with Crippen molar-refractivity contribution < 1.29 is 4.79 Å². The molecule has 0 aromatic heterocycles. The number of amides is 2. The Kier molecular flexibility index (Phi) is 1.89. The highest BCUT2D eigenvalue weighted by atomic mass is 16.2. The van der Waals surface area contributed by atoms with Crippen molar-refractivity contribution in [2.24, 2.45) is 5.73 Å². The normalized spacial score (nSPS) is 26.8. The maximum Gasteiger partial charge on any atom is 0.315 e. The van der Waals surface area contributed by atoms with E-state index >= 15 is 0 Å². The molecular formula is C5H11N3O. The van der Waals surface area contributed by atoms with Crippen molar-refractivity contribution in [1.29, 1.82) is 0 Å². The number of hydrogen-bond acceptors (Lipinski definition) is 2. The van der Waals surface area contributed by atoms with E-state index in [1.165, 1.54) is 0 Å². The van der Waals surface area contributed by atoms with Crippen LogP contribution in [0.2, 0.25) is 0 Å². The molecule has 1 rings (SSSR count). The quantitative estimate of drug-likeness (QED) is 0.426. The zero-order valence-electron chi connectivity index (χ0n) is 5.18. The second-order valence-electron chi connectivity index (χ2n) is 2.12. The van der Waals surface area contributed by atoms with Crippen molar-refractivity contribution in [3.05, 3.63) is 0 Å². The highest BCUT2D eigenvalue weighted by Gasteiger charge is 2.14. The SMILES string of the molecule is NCC1CCNC(=O)N1. The van der Waals surface area contributed by atoms with E-state index in [9.17, 15) is 4.79 Å². The number of nitrogens with two attached hydrogens (primary N) is 1. The average molecular weight is 129 g/mol. The topological polar surface area (TPSA) is 67.1 Å². The van der Waals surface area contributed by atoms with E-state index in [1.54, 1.807) is 0 Å². The monoisotopic (exact) mass is 129 g/mol. The summed E-state index contributed by atoms with van der Waals surface area (Å²) in [5.74, 6) is 0. The number of nitrogens with one attached hydrogen (secondary N) is 2. The van der Waals surface area contributed by atoms with Crippen LogP contribution in [0, 0.1) is 0 Å². The molecule has 1 saturated heterocycles. The van der Waals surface area contributed by atoms with Crippen molar-refractivity contribution in [2.75, 3.05) is 13.1 Å². The van der Waals surface area contributed by atoms with Gasteiger partial charge >= 0.3 is 6.03 Å². The van der Waals surface area contributed by atoms with Crippen LogP contribution >= 0.6 is 0 Å². The summed E-state index contributed by atoms with van der Waals surface area (Å²) in [5, 5.41) is 5.33. The summed E-state index contributed by atoms with van der Waals surface area (Å²) in [6.45, 7) is 1.28. The molecule has 0 aromatic rings. The fourth-order valence-corrected chi connectivity index (χ4v) is 0.845. The smallest absolute Gasteiger partial charge is 0.315 e. The van der Waals surface area contributed by atoms with E-state index in [2.05, 4.69) is 10.6 Å². The van der Waals surface area contributed by atoms with E-state index in [0.29, 0.717) is 6.54 Å². The lowest BCUT2D eigenvalue weighted by molar-refractivity contribution is 0.229. The molecule has 0 aromatic carbocycles. The zero-order valence-corrected chi connectivity index (χ0v) is 5.18. The minimum Gasteiger partial charge on any atom is -0.338 e. The molecule has 0 spiro atoms. The highest BCUT2D eigenvalue weighted by molar-refractivity contribution is 5.74. The van der Waals surface area contributed by atoms with Crippen LogP contribution in [0.25, 0.3) is 0 Å². The number of carbonyl (C=O) groups is 1. The molecule has 1 fully saturated rings. The minimum absolute atomic E-state index is 0.100. The maximum atomic E-state index is 10.6. The Hall–Kier alpha value is -0.770. The van der Waals surface area contributed by atoms with Crippen molar-refractivity contribution in [1.82, 2.24) is 10.6 Å². The largest absolute Gasteiger partial charge is 0.338 e. The van der Waals surface area contributed by atoms with E-state index in [0.717, 1.165) is 13.0 Å². The van der Waals surface area contributed by atoms with Crippen LogP contribution in [-0.2, 0) is 0 Å². The zero-order chi connectivity index (χ0) is 6.69. The highest BCUT2D eigenvalue weighted by Crippen LogP contribution is 1.92. The summed E-state index contributed by atoms with van der Waals surface area (Å²) in [7, 11) is 0. The molecule has 1 aliphatic rings. The first kappa shape index (κ1) is 6.35. The predicted octanol–water partition coefficient (Wildman–Crippen LogP) is -0.983. The molecule has 0 radical (unpaired) electrons. The summed E-state index contributed by atoms with van der Waals surface area (Å²) in [5.41, 5.74) is 5.32. The molecule has 0 saturated carbocycles. The second-order valence-corrected chi connectivity index (χ2v) is 2.12. The van der Waals surface area contributed by atoms with E-state index in [4.69, 9.17) is 5.73 Å². The van der Waals surface area contributed by atoms with Gasteiger partial charge in [0.2, 0.25) is 0 Å². The van der Waals surface area contributed by atoms with Gasteiger partial charge in [-0.05, 0) is 6.42 Å². The third kappa shape index (κ3) is 1.57. The Morgan fingerprint density at radius 3 is 3.00 bits per heavy atom. The summed E-state index contributed by atoms with van der Waals surface area (Å²) < 4.78 is 0. The molecule has 1 aliphatic heterocycles. The Morgan fingerprint density at radius 1 is 1.78 bits per heavy atom. The number of hydrogen-bond donors (Lipinski definition) is 3. The van der Waals surface area contributed by atoms with Crippen LogP contribution in [0.1, 0.15) is 6.42 Å². The van der Waals surface area contributed by atoms with Crippen LogP contribution in [-0.4, -0.2) is 25.2 Å². The summed E-state index contributed by atoms with van der Waals surface area (Å²) in [4.78, 5) is 10.6. The molecule has 9 heavy (non-hydrogen) atoms. The first-order valence-corrected chi connectivity index (χ1v) is 3.07. The van der Waals surface area contributed by atoms with Gasteiger partial charge in [0, 0.05) is 19.1 Å². The standard InChI is InChI=1S/C5H11N3O/c6-3-4-1-2-7-5(9)8-4/h4H,1-3,6H2,(H2,7,8,9). The van der Waals surface area contributed by atoms with Crippen molar-refractivity contribution in [2.45, 2.75) is 12.5 Å². The van der Waals surface area contributed by atoms with Crippen LogP contribution in [0.15, 0.2) is 0 Å². The molecule has 4 N–H and O–H groups in total. The summed E-state index contributed by atoms with van der Waals surface area (Å²) >= 11 is 0. The molecule has 52 valence electrons. The summed E-state index contributed by atoms with van der Waals surface area (Å²) in [6.07, 6.45) is 0.933. The van der Waals surface area contributed by atoms with Crippen molar-refractivity contribution in [3.8, 4) is 0 Å². The molecule has 4 nitrogen and oxygen atoms in total. The molecule has 1 heterocycles. The lowest BCUT2D eigenvalue weighted by Crippen LogP contribution is -2.51.